The summed E-state index contributed by atoms with van der Waals surface area (Å²) in [5, 5.41) is 0.905. The van der Waals surface area contributed by atoms with Crippen molar-refractivity contribution in [1.29, 1.82) is 0 Å². The van der Waals surface area contributed by atoms with Crippen molar-refractivity contribution in [3.8, 4) is 16.1 Å². The van der Waals surface area contributed by atoms with E-state index in [0.717, 1.165) is 22.0 Å². The number of thiazole rings is 1. The minimum Gasteiger partial charge on any atom is -0.383 e. The van der Waals surface area contributed by atoms with Gasteiger partial charge in [-0.05, 0) is 24.3 Å². The average molecular weight is 478 g/mol. The van der Waals surface area contributed by atoms with Crippen LogP contribution in [0.5, 0.6) is 0 Å². The van der Waals surface area contributed by atoms with Crippen LogP contribution in [-0.4, -0.2) is 24.5 Å². The zero-order chi connectivity index (χ0) is 23.4. The molecule has 5 rings (SSSR count). The van der Waals surface area contributed by atoms with Gasteiger partial charge in [0.2, 0.25) is 5.95 Å². The molecule has 0 saturated carbocycles. The lowest BCUT2D eigenvalue weighted by atomic mass is 10.2. The van der Waals surface area contributed by atoms with Crippen molar-refractivity contribution in [2.75, 3.05) is 11.5 Å². The van der Waals surface area contributed by atoms with E-state index < -0.39 is 0 Å². The second kappa shape index (κ2) is 9.76. The first-order valence-electron chi connectivity index (χ1n) is 10.0. The molecule has 3 heterocycles. The van der Waals surface area contributed by atoms with E-state index in [2.05, 4.69) is 19.9 Å². The molecule has 0 aliphatic rings. The number of nitrogen functional groups attached to an aromatic ring is 2. The van der Waals surface area contributed by atoms with Gasteiger partial charge in [0.15, 0.2) is 0 Å². The Labute approximate surface area is 198 Å². The number of aryl methyl sites for hydroxylation is 1. The lowest BCUT2D eigenvalue weighted by Crippen LogP contribution is -2.23. The molecule has 0 aliphatic heterocycles. The Bertz CT molecular complexity index is 1450. The molecule has 33 heavy (non-hydrogen) atoms. The number of benzene rings is 2. The molecule has 0 radical (unpaired) electrons. The molecule has 0 amide bonds. The number of hydrogen-bond acceptors (Lipinski definition) is 8. The summed E-state index contributed by atoms with van der Waals surface area (Å²) >= 11 is 7.65. The van der Waals surface area contributed by atoms with Crippen molar-refractivity contribution >= 4 is 45.6 Å². The highest BCUT2D eigenvalue weighted by Crippen LogP contribution is 2.26. The van der Waals surface area contributed by atoms with Gasteiger partial charge >= 0.3 is 0 Å². The minimum absolute atomic E-state index is 0.122. The van der Waals surface area contributed by atoms with Crippen LogP contribution in [-0.2, 0) is 6.42 Å². The van der Waals surface area contributed by atoms with E-state index in [1.54, 1.807) is 28.5 Å². The lowest BCUT2D eigenvalue weighted by Gasteiger charge is -2.12. The molecule has 0 spiro atoms. The van der Waals surface area contributed by atoms with E-state index in [0.29, 0.717) is 28.2 Å². The summed E-state index contributed by atoms with van der Waals surface area (Å²) in [6.07, 6.45) is 3.99. The molecule has 2 aromatic carbocycles. The van der Waals surface area contributed by atoms with Gasteiger partial charge in [0, 0.05) is 18.8 Å². The molecular formula is C23H20ClN7OS. The van der Waals surface area contributed by atoms with Crippen molar-refractivity contribution in [3.63, 3.8) is 0 Å². The standard InChI is InChI=1S/C16H13ClN2O.C7H7N5S/c1-2-14-18-13-10-6-9-12(17)15(13)16(20)19(14)11-7-4-3-5-8-11;8-6-4(1-11-7(9)12-6)5-2-10-3-13-5/h3-10H,2H2,1H3;1-3H,(H4,8,9,11,12). The largest absolute Gasteiger partial charge is 0.383 e. The third-order valence-corrected chi connectivity index (χ3v) is 5.90. The smallest absolute Gasteiger partial charge is 0.267 e. The van der Waals surface area contributed by atoms with Gasteiger partial charge < -0.3 is 11.5 Å². The van der Waals surface area contributed by atoms with Crippen LogP contribution in [0.3, 0.4) is 0 Å². The third kappa shape index (κ3) is 4.69. The number of hydrogen-bond donors (Lipinski definition) is 2. The highest BCUT2D eigenvalue weighted by Gasteiger charge is 2.13. The van der Waals surface area contributed by atoms with Crippen molar-refractivity contribution in [2.24, 2.45) is 0 Å². The molecule has 8 nitrogen and oxygen atoms in total. The fourth-order valence-corrected chi connectivity index (χ4v) is 4.16. The molecule has 0 unspecified atom stereocenters. The van der Waals surface area contributed by atoms with Crippen LogP contribution in [0.2, 0.25) is 5.02 Å². The summed E-state index contributed by atoms with van der Waals surface area (Å²) in [7, 11) is 0. The Kier molecular flexibility index (Phi) is 6.62. The van der Waals surface area contributed by atoms with E-state index >= 15 is 0 Å². The molecule has 0 fully saturated rings. The van der Waals surface area contributed by atoms with E-state index in [1.165, 1.54) is 11.3 Å². The molecule has 5 aromatic rings. The Morgan fingerprint density at radius 3 is 2.48 bits per heavy atom. The lowest BCUT2D eigenvalue weighted by molar-refractivity contribution is 0.833. The zero-order valence-corrected chi connectivity index (χ0v) is 19.2. The predicted octanol–water partition coefficient (Wildman–Crippen LogP) is 4.37. The minimum atomic E-state index is -0.122. The van der Waals surface area contributed by atoms with Crippen LogP contribution in [0.1, 0.15) is 12.7 Å². The normalized spacial score (nSPS) is 10.6. The third-order valence-electron chi connectivity index (χ3n) is 4.78. The first-order valence-corrected chi connectivity index (χ1v) is 11.3. The van der Waals surface area contributed by atoms with E-state index in [1.807, 2.05) is 49.4 Å². The Morgan fingerprint density at radius 1 is 1.03 bits per heavy atom. The van der Waals surface area contributed by atoms with Gasteiger partial charge in [-0.1, -0.05) is 42.8 Å². The van der Waals surface area contributed by atoms with Gasteiger partial charge in [0.1, 0.15) is 11.6 Å². The van der Waals surface area contributed by atoms with Gasteiger partial charge in [-0.3, -0.25) is 14.3 Å². The van der Waals surface area contributed by atoms with Crippen molar-refractivity contribution < 1.29 is 0 Å². The summed E-state index contributed by atoms with van der Waals surface area (Å²) in [5.41, 5.74) is 14.9. The van der Waals surface area contributed by atoms with Crippen LogP contribution in [0, 0.1) is 0 Å². The van der Waals surface area contributed by atoms with Gasteiger partial charge in [0.25, 0.3) is 5.56 Å². The van der Waals surface area contributed by atoms with Crippen LogP contribution in [0.4, 0.5) is 11.8 Å². The molecule has 4 N–H and O–H groups in total. The summed E-state index contributed by atoms with van der Waals surface area (Å²) in [5.74, 6) is 1.30. The number of para-hydroxylation sites is 1. The van der Waals surface area contributed by atoms with Crippen molar-refractivity contribution in [1.82, 2.24) is 24.5 Å². The van der Waals surface area contributed by atoms with E-state index in [-0.39, 0.29) is 11.5 Å². The van der Waals surface area contributed by atoms with Gasteiger partial charge in [-0.15, -0.1) is 11.3 Å². The molecular weight excluding hydrogens is 458 g/mol. The fraction of sp³-hybridized carbons (Fsp3) is 0.0870. The highest BCUT2D eigenvalue weighted by molar-refractivity contribution is 7.13. The van der Waals surface area contributed by atoms with Gasteiger partial charge in [0.05, 0.1) is 37.6 Å². The number of fused-ring (bicyclic) bond motifs is 1. The second-order valence-corrected chi connectivity index (χ2v) is 8.18. The first kappa shape index (κ1) is 22.4. The number of nitrogens with zero attached hydrogens (tertiary/aromatic N) is 5. The molecule has 3 aromatic heterocycles. The summed E-state index contributed by atoms with van der Waals surface area (Å²) in [4.78, 5) is 29.9. The predicted molar refractivity (Wildman–Crippen MR) is 134 cm³/mol. The van der Waals surface area contributed by atoms with Crippen LogP contribution < -0.4 is 17.0 Å². The van der Waals surface area contributed by atoms with Crippen LogP contribution in [0.25, 0.3) is 27.0 Å². The SMILES string of the molecule is CCc1nc2cccc(Cl)c2c(=O)n1-c1ccccc1.Nc1ncc(-c2cncs2)c(N)n1. The Balaban J connectivity index is 0.000000172. The summed E-state index contributed by atoms with van der Waals surface area (Å²) < 4.78 is 1.63. The van der Waals surface area contributed by atoms with Gasteiger partial charge in [-0.25, -0.2) is 9.97 Å². The molecule has 10 heteroatoms. The summed E-state index contributed by atoms with van der Waals surface area (Å²) in [6.45, 7) is 1.98. The molecule has 166 valence electrons. The number of rotatable bonds is 3. The van der Waals surface area contributed by atoms with E-state index in [9.17, 15) is 4.79 Å². The number of halogens is 1. The monoisotopic (exact) mass is 477 g/mol. The van der Waals surface area contributed by atoms with E-state index in [4.69, 9.17) is 23.1 Å². The number of nitrogens with two attached hydrogens (primary N) is 2. The maximum Gasteiger partial charge on any atom is 0.267 e. The van der Waals surface area contributed by atoms with Crippen molar-refractivity contribution in [3.05, 3.63) is 87.6 Å². The molecule has 0 atom stereocenters. The maximum absolute atomic E-state index is 12.8. The van der Waals surface area contributed by atoms with Crippen LogP contribution in [0.15, 0.2) is 71.2 Å². The first-order chi connectivity index (χ1) is 16.0. The maximum atomic E-state index is 12.8. The van der Waals surface area contributed by atoms with Crippen molar-refractivity contribution in [2.45, 2.75) is 13.3 Å². The molecule has 0 saturated heterocycles. The molecule has 0 aliphatic carbocycles. The number of aromatic nitrogens is 5. The number of anilines is 2. The second-order valence-electron chi connectivity index (χ2n) is 6.88. The van der Waals surface area contributed by atoms with Gasteiger partial charge in [-0.2, -0.15) is 4.98 Å². The molecule has 0 bridgehead atoms. The highest BCUT2D eigenvalue weighted by atomic mass is 35.5. The average Bonchev–Trinajstić information content (AvgIpc) is 3.34. The Hall–Kier alpha value is -3.82. The zero-order valence-electron chi connectivity index (χ0n) is 17.6. The van der Waals surface area contributed by atoms with Crippen LogP contribution >= 0.6 is 22.9 Å². The Morgan fingerprint density at radius 2 is 1.82 bits per heavy atom. The topological polar surface area (TPSA) is 126 Å². The summed E-state index contributed by atoms with van der Waals surface area (Å²) in [6, 6.07) is 14.8. The quantitative estimate of drug-likeness (QED) is 0.395. The fourth-order valence-electron chi connectivity index (χ4n) is 3.26.